The Hall–Kier alpha value is -2.37. The predicted octanol–water partition coefficient (Wildman–Crippen LogP) is 2.87. The molecule has 3 rings (SSSR count). The van der Waals surface area contributed by atoms with E-state index < -0.39 is 0 Å². The molecule has 2 unspecified atom stereocenters. The van der Waals surface area contributed by atoms with Gasteiger partial charge in [0.2, 0.25) is 5.91 Å². The second-order valence-corrected chi connectivity index (χ2v) is 6.71. The van der Waals surface area contributed by atoms with Gasteiger partial charge in [-0.25, -0.2) is 0 Å². The minimum Gasteiger partial charge on any atom is -0.488 e. The third-order valence-electron chi connectivity index (χ3n) is 4.51. The first kappa shape index (κ1) is 18.4. The van der Waals surface area contributed by atoms with E-state index in [1.807, 2.05) is 55.5 Å². The van der Waals surface area contributed by atoms with Crippen LogP contribution >= 0.6 is 0 Å². The van der Waals surface area contributed by atoms with Gasteiger partial charge in [0.25, 0.3) is 0 Å². The third-order valence-corrected chi connectivity index (χ3v) is 4.51. The van der Waals surface area contributed by atoms with Gasteiger partial charge < -0.3 is 20.5 Å². The first-order valence-electron chi connectivity index (χ1n) is 9.03. The molecule has 1 fully saturated rings. The third kappa shape index (κ3) is 5.07. The Kier molecular flexibility index (Phi) is 6.26. The van der Waals surface area contributed by atoms with Gasteiger partial charge in [0.05, 0.1) is 13.2 Å². The molecule has 1 amide bonds. The molecule has 5 nitrogen and oxygen atoms in total. The molecule has 0 aromatic heterocycles. The summed E-state index contributed by atoms with van der Waals surface area (Å²) in [5.74, 6) is 0.741. The standard InChI is InChI=1S/C21H26N2O3/c1-15-7-8-17(20(11-15)26-18-9-10-25-14-18)13-23-21(24)12-19(22)16-5-3-2-4-6-16/h2-8,11,18-19H,9-10,12-14,22H2,1H3,(H,23,24). The van der Waals surface area contributed by atoms with E-state index in [0.29, 0.717) is 13.2 Å². The molecule has 0 saturated carbocycles. The van der Waals surface area contributed by atoms with Crippen molar-refractivity contribution < 1.29 is 14.3 Å². The maximum atomic E-state index is 12.3. The van der Waals surface area contributed by atoms with E-state index in [-0.39, 0.29) is 24.5 Å². The molecule has 2 atom stereocenters. The molecule has 26 heavy (non-hydrogen) atoms. The SMILES string of the molecule is Cc1ccc(CNC(=O)CC(N)c2ccccc2)c(OC2CCOC2)c1. The van der Waals surface area contributed by atoms with Crippen LogP contribution in [0.1, 0.15) is 35.6 Å². The van der Waals surface area contributed by atoms with Crippen molar-refractivity contribution in [3.05, 3.63) is 65.2 Å². The van der Waals surface area contributed by atoms with E-state index in [2.05, 4.69) is 5.32 Å². The molecule has 1 saturated heterocycles. The number of carbonyl (C=O) groups is 1. The van der Waals surface area contributed by atoms with E-state index in [1.54, 1.807) is 0 Å². The number of carbonyl (C=O) groups excluding carboxylic acids is 1. The van der Waals surface area contributed by atoms with Gasteiger partial charge in [-0.1, -0.05) is 42.5 Å². The summed E-state index contributed by atoms with van der Waals surface area (Å²) >= 11 is 0. The van der Waals surface area contributed by atoms with Gasteiger partial charge in [-0.05, 0) is 24.1 Å². The fourth-order valence-electron chi connectivity index (χ4n) is 2.99. The highest BCUT2D eigenvalue weighted by atomic mass is 16.5. The van der Waals surface area contributed by atoms with Crippen LogP contribution in [-0.4, -0.2) is 25.2 Å². The van der Waals surface area contributed by atoms with Gasteiger partial charge in [0, 0.05) is 31.0 Å². The molecule has 0 radical (unpaired) electrons. The summed E-state index contributed by atoms with van der Waals surface area (Å²) in [6.45, 7) is 3.80. The maximum Gasteiger partial charge on any atom is 0.222 e. The first-order valence-corrected chi connectivity index (χ1v) is 9.03. The lowest BCUT2D eigenvalue weighted by molar-refractivity contribution is -0.121. The molecule has 3 N–H and O–H groups in total. The lowest BCUT2D eigenvalue weighted by Gasteiger charge is -2.17. The van der Waals surface area contributed by atoms with Gasteiger partial charge in [-0.2, -0.15) is 0 Å². The van der Waals surface area contributed by atoms with Crippen molar-refractivity contribution in [1.29, 1.82) is 0 Å². The molecule has 1 aliphatic rings. The molecule has 0 aliphatic carbocycles. The summed E-state index contributed by atoms with van der Waals surface area (Å²) in [7, 11) is 0. The molecule has 2 aromatic rings. The molecule has 5 heteroatoms. The van der Waals surface area contributed by atoms with Crippen LogP contribution in [0.15, 0.2) is 48.5 Å². The van der Waals surface area contributed by atoms with Crippen LogP contribution in [-0.2, 0) is 16.1 Å². The summed E-state index contributed by atoms with van der Waals surface area (Å²) in [4.78, 5) is 12.3. The average Bonchev–Trinajstić information content (AvgIpc) is 3.15. The second-order valence-electron chi connectivity index (χ2n) is 6.71. The van der Waals surface area contributed by atoms with Crippen molar-refractivity contribution >= 4 is 5.91 Å². The highest BCUT2D eigenvalue weighted by Gasteiger charge is 2.19. The van der Waals surface area contributed by atoms with Crippen molar-refractivity contribution in [2.24, 2.45) is 5.73 Å². The Labute approximate surface area is 154 Å². The molecule has 1 aliphatic heterocycles. The van der Waals surface area contributed by atoms with Crippen molar-refractivity contribution in [2.75, 3.05) is 13.2 Å². The first-order chi connectivity index (χ1) is 12.6. The van der Waals surface area contributed by atoms with E-state index in [4.69, 9.17) is 15.2 Å². The fourth-order valence-corrected chi connectivity index (χ4v) is 2.99. The number of rotatable bonds is 7. The zero-order chi connectivity index (χ0) is 18.4. The number of nitrogens with two attached hydrogens (primary N) is 1. The van der Waals surface area contributed by atoms with E-state index in [1.165, 1.54) is 0 Å². The van der Waals surface area contributed by atoms with Crippen LogP contribution in [0.25, 0.3) is 0 Å². The van der Waals surface area contributed by atoms with Crippen LogP contribution in [0.2, 0.25) is 0 Å². The maximum absolute atomic E-state index is 12.3. The molecule has 0 spiro atoms. The monoisotopic (exact) mass is 354 g/mol. The largest absolute Gasteiger partial charge is 0.488 e. The molecule has 1 heterocycles. The fraction of sp³-hybridized carbons (Fsp3) is 0.381. The number of nitrogens with one attached hydrogen (secondary N) is 1. The summed E-state index contributed by atoms with van der Waals surface area (Å²) in [6.07, 6.45) is 1.23. The van der Waals surface area contributed by atoms with E-state index >= 15 is 0 Å². The summed E-state index contributed by atoms with van der Waals surface area (Å²) in [5, 5.41) is 2.95. The average molecular weight is 354 g/mol. The molecule has 0 bridgehead atoms. The Bertz CT molecular complexity index is 727. The summed E-state index contributed by atoms with van der Waals surface area (Å²) < 4.78 is 11.4. The summed E-state index contributed by atoms with van der Waals surface area (Å²) in [6, 6.07) is 15.4. The number of ether oxygens (including phenoxy) is 2. The summed E-state index contributed by atoms with van der Waals surface area (Å²) in [5.41, 5.74) is 9.17. The minimum atomic E-state index is -0.305. The quantitative estimate of drug-likeness (QED) is 0.802. The lowest BCUT2D eigenvalue weighted by Crippen LogP contribution is -2.27. The molecular weight excluding hydrogens is 328 g/mol. The Morgan fingerprint density at radius 1 is 1.31 bits per heavy atom. The van der Waals surface area contributed by atoms with Gasteiger partial charge >= 0.3 is 0 Å². The second kappa shape index (κ2) is 8.83. The molecular formula is C21H26N2O3. The number of aryl methyl sites for hydroxylation is 1. The van der Waals surface area contributed by atoms with Crippen LogP contribution < -0.4 is 15.8 Å². The van der Waals surface area contributed by atoms with Crippen LogP contribution in [0.5, 0.6) is 5.75 Å². The normalized spacial score (nSPS) is 17.7. The van der Waals surface area contributed by atoms with E-state index in [9.17, 15) is 4.79 Å². The lowest BCUT2D eigenvalue weighted by atomic mass is 10.0. The van der Waals surface area contributed by atoms with Crippen molar-refractivity contribution in [1.82, 2.24) is 5.32 Å². The van der Waals surface area contributed by atoms with Gasteiger partial charge in [-0.3, -0.25) is 4.79 Å². The van der Waals surface area contributed by atoms with Crippen molar-refractivity contribution in [2.45, 2.75) is 38.5 Å². The van der Waals surface area contributed by atoms with Crippen LogP contribution in [0.3, 0.4) is 0 Å². The number of hydrogen-bond acceptors (Lipinski definition) is 4. The van der Waals surface area contributed by atoms with Crippen molar-refractivity contribution in [3.63, 3.8) is 0 Å². The topological polar surface area (TPSA) is 73.6 Å². The zero-order valence-electron chi connectivity index (χ0n) is 15.1. The Morgan fingerprint density at radius 3 is 2.85 bits per heavy atom. The molecule has 138 valence electrons. The number of benzene rings is 2. The zero-order valence-corrected chi connectivity index (χ0v) is 15.1. The minimum absolute atomic E-state index is 0.0722. The highest BCUT2D eigenvalue weighted by molar-refractivity contribution is 5.76. The van der Waals surface area contributed by atoms with Gasteiger partial charge in [0.1, 0.15) is 11.9 Å². The Balaban J connectivity index is 1.57. The van der Waals surface area contributed by atoms with E-state index in [0.717, 1.165) is 35.5 Å². The van der Waals surface area contributed by atoms with Crippen LogP contribution in [0, 0.1) is 6.92 Å². The number of hydrogen-bond donors (Lipinski definition) is 2. The predicted molar refractivity (Wildman–Crippen MR) is 101 cm³/mol. The van der Waals surface area contributed by atoms with Crippen molar-refractivity contribution in [3.8, 4) is 5.75 Å². The Morgan fingerprint density at radius 2 is 2.12 bits per heavy atom. The smallest absolute Gasteiger partial charge is 0.222 e. The number of amides is 1. The molecule has 2 aromatic carbocycles. The van der Waals surface area contributed by atoms with Crippen LogP contribution in [0.4, 0.5) is 0 Å². The van der Waals surface area contributed by atoms with Gasteiger partial charge in [-0.15, -0.1) is 0 Å². The van der Waals surface area contributed by atoms with Gasteiger partial charge in [0.15, 0.2) is 0 Å². The highest BCUT2D eigenvalue weighted by Crippen LogP contribution is 2.24.